The van der Waals surface area contributed by atoms with Crippen LogP contribution in [0.2, 0.25) is 0 Å². The third kappa shape index (κ3) is 14.6. The van der Waals surface area contributed by atoms with Crippen LogP contribution in [0.25, 0.3) is 0 Å². The molecule has 0 spiro atoms. The molecule has 0 aliphatic rings. The lowest BCUT2D eigenvalue weighted by Crippen LogP contribution is -2.33. The van der Waals surface area contributed by atoms with E-state index in [1.807, 2.05) is 0 Å². The Morgan fingerprint density at radius 3 is 2.09 bits per heavy atom. The van der Waals surface area contributed by atoms with Gasteiger partial charge in [0.1, 0.15) is 18.8 Å². The highest BCUT2D eigenvalue weighted by Gasteiger charge is 2.15. The van der Waals surface area contributed by atoms with Crippen molar-refractivity contribution in [2.45, 2.75) is 45.6 Å². The summed E-state index contributed by atoms with van der Waals surface area (Å²) in [5, 5.41) is 13.6. The highest BCUT2D eigenvalue weighted by molar-refractivity contribution is 5.77. The molecule has 3 N–H and O–H groups in total. The van der Waals surface area contributed by atoms with Crippen molar-refractivity contribution in [3.8, 4) is 0 Å². The zero-order valence-corrected chi connectivity index (χ0v) is 13.4. The van der Waals surface area contributed by atoms with Gasteiger partial charge in [-0.15, -0.1) is 0 Å². The van der Waals surface area contributed by atoms with Crippen LogP contribution >= 0.6 is 0 Å². The molecular formula is C14H26N2O6. The number of hydrogen-bond acceptors (Lipinski definition) is 5. The predicted molar refractivity (Wildman–Crippen MR) is 79.6 cm³/mol. The molecule has 0 saturated carbocycles. The van der Waals surface area contributed by atoms with E-state index in [4.69, 9.17) is 9.84 Å². The smallest absolute Gasteiger partial charge is 0.407 e. The van der Waals surface area contributed by atoms with Crippen molar-refractivity contribution in [3.63, 3.8) is 0 Å². The second kappa shape index (κ2) is 10.8. The number of carbonyl (C=O) groups excluding carboxylic acids is 2. The Morgan fingerprint density at radius 1 is 0.955 bits per heavy atom. The van der Waals surface area contributed by atoms with Crippen molar-refractivity contribution < 1.29 is 29.0 Å². The molecule has 0 unspecified atom stereocenters. The van der Waals surface area contributed by atoms with Crippen LogP contribution in [0.4, 0.5) is 4.79 Å². The Morgan fingerprint density at radius 2 is 1.55 bits per heavy atom. The fourth-order valence-corrected chi connectivity index (χ4v) is 1.44. The van der Waals surface area contributed by atoms with Crippen LogP contribution < -0.4 is 10.6 Å². The number of amides is 2. The minimum atomic E-state index is -1.11. The van der Waals surface area contributed by atoms with E-state index in [2.05, 4.69) is 15.4 Å². The molecule has 0 aromatic heterocycles. The molecule has 0 radical (unpaired) electrons. The molecule has 0 aliphatic carbocycles. The molecule has 128 valence electrons. The van der Waals surface area contributed by atoms with E-state index in [1.54, 1.807) is 20.8 Å². The Labute approximate surface area is 130 Å². The number of unbranched alkanes of at least 4 members (excludes halogenated alkanes) is 2. The monoisotopic (exact) mass is 318 g/mol. The van der Waals surface area contributed by atoms with Crippen LogP contribution in [0.5, 0.6) is 0 Å². The molecule has 0 bridgehead atoms. The van der Waals surface area contributed by atoms with Crippen molar-refractivity contribution in [2.75, 3.05) is 26.3 Å². The summed E-state index contributed by atoms with van der Waals surface area (Å²) in [4.78, 5) is 32.7. The van der Waals surface area contributed by atoms with Gasteiger partial charge in [0.25, 0.3) is 0 Å². The number of hydrogen-bond donors (Lipinski definition) is 3. The number of carboxylic acid groups (broad SMARTS) is 1. The molecule has 22 heavy (non-hydrogen) atoms. The summed E-state index contributed by atoms with van der Waals surface area (Å²) < 4.78 is 9.73. The van der Waals surface area contributed by atoms with Crippen LogP contribution in [0.15, 0.2) is 0 Å². The Balaban J connectivity index is 3.41. The lowest BCUT2D eigenvalue weighted by atomic mass is 10.2. The third-order valence-electron chi connectivity index (χ3n) is 2.30. The van der Waals surface area contributed by atoms with Gasteiger partial charge < -0.3 is 25.2 Å². The average Bonchev–Trinajstić information content (AvgIpc) is 2.35. The summed E-state index contributed by atoms with van der Waals surface area (Å²) in [6.07, 6.45) is 1.95. The lowest BCUT2D eigenvalue weighted by molar-refractivity contribution is -0.143. The van der Waals surface area contributed by atoms with E-state index < -0.39 is 24.3 Å². The fourth-order valence-electron chi connectivity index (χ4n) is 1.44. The lowest BCUT2D eigenvalue weighted by Gasteiger charge is -2.19. The predicted octanol–water partition coefficient (Wildman–Crippen LogP) is 0.899. The van der Waals surface area contributed by atoms with Crippen molar-refractivity contribution in [1.82, 2.24) is 10.6 Å². The molecular weight excluding hydrogens is 292 g/mol. The van der Waals surface area contributed by atoms with Gasteiger partial charge in [-0.1, -0.05) is 0 Å². The van der Waals surface area contributed by atoms with Crippen molar-refractivity contribution in [2.24, 2.45) is 0 Å². The van der Waals surface area contributed by atoms with Gasteiger partial charge in [0.05, 0.1) is 0 Å². The average molecular weight is 318 g/mol. The zero-order chi connectivity index (χ0) is 17.0. The van der Waals surface area contributed by atoms with Gasteiger partial charge in [-0.05, 0) is 40.0 Å². The topological polar surface area (TPSA) is 114 Å². The number of ether oxygens (including phenoxy) is 2. The molecule has 2 amide bonds. The van der Waals surface area contributed by atoms with Crippen LogP contribution in [0.3, 0.4) is 0 Å². The number of carboxylic acids is 1. The second-order valence-electron chi connectivity index (χ2n) is 5.73. The molecule has 0 atom stereocenters. The summed E-state index contributed by atoms with van der Waals surface area (Å²) in [6, 6.07) is 0. The minimum Gasteiger partial charge on any atom is -0.480 e. The third-order valence-corrected chi connectivity index (χ3v) is 2.30. The highest BCUT2D eigenvalue weighted by Crippen LogP contribution is 2.06. The zero-order valence-electron chi connectivity index (χ0n) is 13.4. The molecule has 8 heteroatoms. The van der Waals surface area contributed by atoms with Gasteiger partial charge >= 0.3 is 12.1 Å². The van der Waals surface area contributed by atoms with Crippen molar-refractivity contribution >= 4 is 18.0 Å². The van der Waals surface area contributed by atoms with Gasteiger partial charge in [0.2, 0.25) is 5.91 Å². The molecule has 0 aliphatic heterocycles. The van der Waals surface area contributed by atoms with Crippen LogP contribution in [0.1, 0.15) is 40.0 Å². The first-order valence-corrected chi connectivity index (χ1v) is 7.24. The Kier molecular flexibility index (Phi) is 9.93. The van der Waals surface area contributed by atoms with Gasteiger partial charge in [-0.25, -0.2) is 9.59 Å². The molecule has 8 nitrogen and oxygen atoms in total. The largest absolute Gasteiger partial charge is 0.480 e. The van der Waals surface area contributed by atoms with Gasteiger partial charge in [-0.3, -0.25) is 4.79 Å². The van der Waals surface area contributed by atoms with Gasteiger partial charge in [-0.2, -0.15) is 0 Å². The van der Waals surface area contributed by atoms with E-state index in [0.29, 0.717) is 13.1 Å². The van der Waals surface area contributed by atoms with Gasteiger partial charge in [0, 0.05) is 13.1 Å². The normalized spacial score (nSPS) is 10.9. The van der Waals surface area contributed by atoms with E-state index in [-0.39, 0.29) is 12.5 Å². The number of alkyl carbamates (subject to hydrolysis) is 1. The van der Waals surface area contributed by atoms with Gasteiger partial charge in [0.15, 0.2) is 0 Å². The number of nitrogens with one attached hydrogen (secondary N) is 2. The number of carbonyl (C=O) groups is 3. The molecule has 0 aromatic rings. The van der Waals surface area contributed by atoms with Crippen LogP contribution in [0, 0.1) is 0 Å². The fraction of sp³-hybridized carbons (Fsp3) is 0.786. The summed E-state index contributed by atoms with van der Waals surface area (Å²) in [5.74, 6) is -1.45. The second-order valence-corrected chi connectivity index (χ2v) is 5.73. The first-order chi connectivity index (χ1) is 10.2. The Bertz CT molecular complexity index is 365. The first-order valence-electron chi connectivity index (χ1n) is 7.24. The maximum Gasteiger partial charge on any atom is 0.407 e. The minimum absolute atomic E-state index is 0.257. The standard InChI is InChI=1S/C14H26N2O6/c1-14(2,3)22-13(20)16-8-6-4-5-7-15-11(17)9-21-10-12(18)19/h4-10H2,1-3H3,(H,15,17)(H,16,20)(H,18,19). The van der Waals surface area contributed by atoms with Crippen molar-refractivity contribution in [1.29, 1.82) is 0 Å². The van der Waals surface area contributed by atoms with E-state index in [1.165, 1.54) is 0 Å². The van der Waals surface area contributed by atoms with E-state index in [0.717, 1.165) is 19.3 Å². The molecule has 0 aromatic carbocycles. The quantitative estimate of drug-likeness (QED) is 0.516. The Hall–Kier alpha value is -1.83. The number of aliphatic carboxylic acids is 1. The summed E-state index contributed by atoms with van der Waals surface area (Å²) in [7, 11) is 0. The maximum absolute atomic E-state index is 11.3. The summed E-state index contributed by atoms with van der Waals surface area (Å²) in [6.45, 7) is 5.67. The molecule has 0 rings (SSSR count). The number of rotatable bonds is 10. The van der Waals surface area contributed by atoms with Crippen LogP contribution in [-0.2, 0) is 19.1 Å². The summed E-state index contributed by atoms with van der Waals surface area (Å²) in [5.41, 5.74) is -0.503. The first kappa shape index (κ1) is 20.2. The molecule has 0 fully saturated rings. The summed E-state index contributed by atoms with van der Waals surface area (Å²) >= 11 is 0. The van der Waals surface area contributed by atoms with Crippen molar-refractivity contribution in [3.05, 3.63) is 0 Å². The molecule has 0 heterocycles. The van der Waals surface area contributed by atoms with Crippen LogP contribution in [-0.4, -0.2) is 55.0 Å². The highest BCUT2D eigenvalue weighted by atomic mass is 16.6. The van der Waals surface area contributed by atoms with E-state index in [9.17, 15) is 14.4 Å². The SMILES string of the molecule is CC(C)(C)OC(=O)NCCCCCNC(=O)COCC(=O)O. The maximum atomic E-state index is 11.3. The van der Waals surface area contributed by atoms with E-state index >= 15 is 0 Å². The molecule has 0 saturated heterocycles.